The van der Waals surface area contributed by atoms with Crippen LogP contribution >= 0.6 is 34.5 Å². The van der Waals surface area contributed by atoms with Gasteiger partial charge in [0.1, 0.15) is 0 Å². The number of hydrogen-bond donors (Lipinski definition) is 1. The topological polar surface area (TPSA) is 40.5 Å². The summed E-state index contributed by atoms with van der Waals surface area (Å²) in [6.45, 7) is 1.45. The van der Waals surface area contributed by atoms with Crippen molar-refractivity contribution in [2.45, 2.75) is 18.9 Å². The van der Waals surface area contributed by atoms with Crippen LogP contribution in [0.25, 0.3) is 10.1 Å². The van der Waals surface area contributed by atoms with Crippen molar-refractivity contribution in [1.82, 2.24) is 4.90 Å². The Kier molecular flexibility index (Phi) is 5.42. The number of nitrogens with zero attached hydrogens (tertiary/aromatic N) is 1. The molecule has 3 aromatic rings. The number of aliphatic carboxylic acids is 1. The van der Waals surface area contributed by atoms with Crippen LogP contribution in [0.4, 0.5) is 0 Å². The molecule has 0 spiro atoms. The average Bonchev–Trinajstić information content (AvgIpc) is 3.08. The van der Waals surface area contributed by atoms with Gasteiger partial charge in [-0.3, -0.25) is 9.69 Å². The van der Waals surface area contributed by atoms with Crippen LogP contribution in [0.5, 0.6) is 0 Å². The first kappa shape index (κ1) is 18.8. The summed E-state index contributed by atoms with van der Waals surface area (Å²) in [6, 6.07) is 14.0. The third kappa shape index (κ3) is 3.72. The van der Waals surface area contributed by atoms with Gasteiger partial charge < -0.3 is 5.11 Å². The van der Waals surface area contributed by atoms with E-state index in [2.05, 4.69) is 28.5 Å². The Morgan fingerprint density at radius 2 is 1.85 bits per heavy atom. The van der Waals surface area contributed by atoms with E-state index in [0.717, 1.165) is 18.7 Å². The molecule has 27 heavy (non-hydrogen) atoms. The van der Waals surface area contributed by atoms with Crippen molar-refractivity contribution in [3.63, 3.8) is 0 Å². The molecule has 1 aliphatic rings. The third-order valence-corrected chi connectivity index (χ3v) is 6.85. The van der Waals surface area contributed by atoms with Crippen LogP contribution in [-0.2, 0) is 4.79 Å². The monoisotopic (exact) mass is 419 g/mol. The number of carboxylic acid groups (broad SMARTS) is 1. The Bertz CT molecular complexity index is 979. The van der Waals surface area contributed by atoms with Gasteiger partial charge >= 0.3 is 5.97 Å². The van der Waals surface area contributed by atoms with Crippen molar-refractivity contribution < 1.29 is 9.90 Å². The molecule has 0 radical (unpaired) electrons. The summed E-state index contributed by atoms with van der Waals surface area (Å²) >= 11 is 14.4. The molecule has 0 saturated carbocycles. The van der Waals surface area contributed by atoms with Gasteiger partial charge in [-0.15, -0.1) is 11.3 Å². The number of likely N-dealkylation sites (tertiary alicyclic amines) is 1. The van der Waals surface area contributed by atoms with E-state index in [1.54, 1.807) is 17.4 Å². The van der Waals surface area contributed by atoms with Gasteiger partial charge in [0.25, 0.3) is 0 Å². The highest BCUT2D eigenvalue weighted by Crippen LogP contribution is 2.41. The summed E-state index contributed by atoms with van der Waals surface area (Å²) in [5, 5.41) is 14.0. The van der Waals surface area contributed by atoms with E-state index in [1.165, 1.54) is 15.6 Å². The van der Waals surface area contributed by atoms with Crippen LogP contribution in [0.1, 0.15) is 30.0 Å². The lowest BCUT2D eigenvalue weighted by Crippen LogP contribution is -2.39. The summed E-state index contributed by atoms with van der Waals surface area (Å²) < 4.78 is 1.24. The molecule has 1 unspecified atom stereocenters. The second-order valence-electron chi connectivity index (χ2n) is 6.90. The molecule has 1 fully saturated rings. The van der Waals surface area contributed by atoms with E-state index in [4.69, 9.17) is 23.2 Å². The number of thiophene rings is 1. The lowest BCUT2D eigenvalue weighted by Gasteiger charge is -2.37. The van der Waals surface area contributed by atoms with Crippen LogP contribution < -0.4 is 0 Å². The van der Waals surface area contributed by atoms with Gasteiger partial charge in [-0.1, -0.05) is 47.5 Å². The third-order valence-electron chi connectivity index (χ3n) is 5.31. The highest BCUT2D eigenvalue weighted by Gasteiger charge is 2.32. The standard InChI is InChI=1S/C21H19Cl2NO2S/c22-14-5-6-16(18(23)11-14)20(24-9-7-13(8-10-24)21(25)26)17-12-27-19-4-2-1-3-15(17)19/h1-6,11-13,20H,7-10H2,(H,25,26). The second kappa shape index (κ2) is 7.80. The maximum absolute atomic E-state index is 11.3. The largest absolute Gasteiger partial charge is 0.481 e. The van der Waals surface area contributed by atoms with Gasteiger partial charge in [0, 0.05) is 14.7 Å². The van der Waals surface area contributed by atoms with Crippen molar-refractivity contribution in [3.05, 3.63) is 69.0 Å². The first-order valence-corrected chi connectivity index (χ1v) is 10.6. The first-order chi connectivity index (χ1) is 13.0. The number of fused-ring (bicyclic) bond motifs is 1. The minimum absolute atomic E-state index is 0.0133. The molecule has 0 aliphatic carbocycles. The molecule has 0 amide bonds. The van der Waals surface area contributed by atoms with Gasteiger partial charge in [-0.2, -0.15) is 0 Å². The average molecular weight is 420 g/mol. The van der Waals surface area contributed by atoms with Gasteiger partial charge in [0.15, 0.2) is 0 Å². The first-order valence-electron chi connectivity index (χ1n) is 8.92. The summed E-state index contributed by atoms with van der Waals surface area (Å²) in [6.07, 6.45) is 1.30. The molecular weight excluding hydrogens is 401 g/mol. The van der Waals surface area contributed by atoms with E-state index in [0.29, 0.717) is 22.9 Å². The Balaban J connectivity index is 1.77. The fourth-order valence-electron chi connectivity index (χ4n) is 3.90. The summed E-state index contributed by atoms with van der Waals surface area (Å²) in [7, 11) is 0. The number of carboxylic acids is 1. The molecule has 1 aromatic heterocycles. The normalized spacial score (nSPS) is 17.3. The van der Waals surface area contributed by atoms with Crippen LogP contribution in [-0.4, -0.2) is 29.1 Å². The predicted octanol–water partition coefficient (Wildman–Crippen LogP) is 6.09. The molecule has 1 saturated heterocycles. The Labute approximate surface area is 172 Å². The number of rotatable bonds is 4. The van der Waals surface area contributed by atoms with Crippen molar-refractivity contribution in [2.75, 3.05) is 13.1 Å². The maximum Gasteiger partial charge on any atom is 0.306 e. The van der Waals surface area contributed by atoms with E-state index in [-0.39, 0.29) is 12.0 Å². The van der Waals surface area contributed by atoms with Crippen molar-refractivity contribution in [1.29, 1.82) is 0 Å². The second-order valence-corrected chi connectivity index (χ2v) is 8.66. The summed E-state index contributed by atoms with van der Waals surface area (Å²) in [5.74, 6) is -0.960. The lowest BCUT2D eigenvalue weighted by molar-refractivity contribution is -0.143. The fourth-order valence-corrected chi connectivity index (χ4v) is 5.39. The van der Waals surface area contributed by atoms with Crippen LogP contribution in [0, 0.1) is 5.92 Å². The number of piperidine rings is 1. The molecule has 2 heterocycles. The highest BCUT2D eigenvalue weighted by atomic mass is 35.5. The Hall–Kier alpha value is -1.59. The predicted molar refractivity (Wildman–Crippen MR) is 112 cm³/mol. The maximum atomic E-state index is 11.3. The van der Waals surface area contributed by atoms with Crippen LogP contribution in [0.2, 0.25) is 10.0 Å². The summed E-state index contributed by atoms with van der Waals surface area (Å²) in [5.41, 5.74) is 2.23. The van der Waals surface area contributed by atoms with Crippen LogP contribution in [0.3, 0.4) is 0 Å². The van der Waals surface area contributed by atoms with E-state index >= 15 is 0 Å². The molecule has 140 valence electrons. The Morgan fingerprint density at radius 3 is 2.56 bits per heavy atom. The van der Waals surface area contributed by atoms with E-state index in [1.807, 2.05) is 18.2 Å². The van der Waals surface area contributed by atoms with E-state index in [9.17, 15) is 9.90 Å². The molecule has 3 nitrogen and oxygen atoms in total. The van der Waals surface area contributed by atoms with Crippen molar-refractivity contribution in [2.24, 2.45) is 5.92 Å². The zero-order valence-electron chi connectivity index (χ0n) is 14.6. The number of hydrogen-bond acceptors (Lipinski definition) is 3. The lowest BCUT2D eigenvalue weighted by atomic mass is 9.91. The Morgan fingerprint density at radius 1 is 1.11 bits per heavy atom. The summed E-state index contributed by atoms with van der Waals surface area (Å²) in [4.78, 5) is 13.7. The zero-order chi connectivity index (χ0) is 19.0. The van der Waals surface area contributed by atoms with Gasteiger partial charge in [-0.05, 0) is 66.0 Å². The van der Waals surface area contributed by atoms with Gasteiger partial charge in [0.05, 0.1) is 12.0 Å². The van der Waals surface area contributed by atoms with Crippen molar-refractivity contribution >= 4 is 50.6 Å². The van der Waals surface area contributed by atoms with Gasteiger partial charge in [-0.25, -0.2) is 0 Å². The number of benzene rings is 2. The number of halogens is 2. The smallest absolute Gasteiger partial charge is 0.306 e. The molecule has 1 atom stereocenters. The number of carbonyl (C=O) groups is 1. The van der Waals surface area contributed by atoms with Crippen molar-refractivity contribution in [3.8, 4) is 0 Å². The fraction of sp³-hybridized carbons (Fsp3) is 0.286. The SMILES string of the molecule is O=C(O)C1CCN(C(c2ccc(Cl)cc2Cl)c2csc3ccccc23)CC1. The molecule has 4 rings (SSSR count). The molecule has 0 bridgehead atoms. The van der Waals surface area contributed by atoms with Gasteiger partial charge in [0.2, 0.25) is 0 Å². The highest BCUT2D eigenvalue weighted by molar-refractivity contribution is 7.17. The van der Waals surface area contributed by atoms with Crippen LogP contribution in [0.15, 0.2) is 47.8 Å². The molecule has 2 aromatic carbocycles. The molecular formula is C21H19Cl2NO2S. The van der Waals surface area contributed by atoms with E-state index < -0.39 is 5.97 Å². The molecule has 6 heteroatoms. The minimum atomic E-state index is -0.697. The quantitative estimate of drug-likeness (QED) is 0.555. The molecule has 1 N–H and O–H groups in total. The minimum Gasteiger partial charge on any atom is -0.481 e. The molecule has 1 aliphatic heterocycles. The zero-order valence-corrected chi connectivity index (χ0v) is 16.9.